The van der Waals surface area contributed by atoms with Gasteiger partial charge in [-0.15, -0.1) is 0 Å². The Labute approximate surface area is 101 Å². The third-order valence-electron chi connectivity index (χ3n) is 2.42. The van der Waals surface area contributed by atoms with Crippen LogP contribution >= 0.6 is 15.9 Å². The van der Waals surface area contributed by atoms with E-state index in [9.17, 15) is 5.11 Å². The van der Waals surface area contributed by atoms with Crippen molar-refractivity contribution in [3.63, 3.8) is 0 Å². The Hall–Kier alpha value is -1.49. The van der Waals surface area contributed by atoms with Gasteiger partial charge < -0.3 is 15.4 Å². The lowest BCUT2D eigenvalue weighted by atomic mass is 10.0. The average Bonchev–Trinajstić information content (AvgIpc) is 2.68. The molecule has 0 aliphatic rings. The predicted octanol–water partition coefficient (Wildman–Crippen LogP) is 2.95. The zero-order valence-electron chi connectivity index (χ0n) is 8.70. The second kappa shape index (κ2) is 4.17. The molecule has 2 aromatic rings. The molecule has 1 heterocycles. The van der Waals surface area contributed by atoms with Gasteiger partial charge >= 0.3 is 0 Å². The van der Waals surface area contributed by atoms with E-state index in [4.69, 9.17) is 10.3 Å². The van der Waals surface area contributed by atoms with E-state index < -0.39 is 0 Å². The Balaban J connectivity index is 2.64. The molecule has 0 amide bonds. The lowest BCUT2D eigenvalue weighted by Crippen LogP contribution is -1.88. The molecule has 1 aromatic carbocycles. The van der Waals surface area contributed by atoms with Gasteiger partial charge in [-0.3, -0.25) is 0 Å². The number of benzene rings is 1. The second-order valence-corrected chi connectivity index (χ2v) is 4.29. The van der Waals surface area contributed by atoms with E-state index in [1.54, 1.807) is 0 Å². The fourth-order valence-corrected chi connectivity index (χ4v) is 2.02. The molecule has 3 N–H and O–H groups in total. The summed E-state index contributed by atoms with van der Waals surface area (Å²) in [7, 11) is 0. The number of nitrogens with zero attached hydrogens (tertiary/aromatic N) is 1. The maximum Gasteiger partial charge on any atom is 0.230 e. The lowest BCUT2D eigenvalue weighted by molar-refractivity contribution is 0.436. The molecule has 0 bridgehead atoms. The first kappa shape index (κ1) is 11.0. The van der Waals surface area contributed by atoms with Crippen molar-refractivity contribution in [1.29, 1.82) is 0 Å². The highest BCUT2D eigenvalue weighted by Gasteiger charge is 2.14. The number of nitrogen functional groups attached to an aromatic ring is 1. The number of phenols is 1. The molecular formula is C11H11BrN2O2. The van der Waals surface area contributed by atoms with E-state index >= 15 is 0 Å². The quantitative estimate of drug-likeness (QED) is 0.888. The topological polar surface area (TPSA) is 72.3 Å². The predicted molar refractivity (Wildman–Crippen MR) is 65.1 cm³/mol. The van der Waals surface area contributed by atoms with Crippen molar-refractivity contribution in [2.75, 3.05) is 5.73 Å². The third-order valence-corrected chi connectivity index (χ3v) is 3.02. The number of aryl methyl sites for hydroxylation is 1. The number of rotatable bonds is 2. The molecule has 2 rings (SSSR count). The summed E-state index contributed by atoms with van der Waals surface area (Å²) < 4.78 is 5.43. The van der Waals surface area contributed by atoms with Crippen LogP contribution < -0.4 is 5.73 Å². The normalized spacial score (nSPS) is 10.6. The molecule has 1 aromatic heterocycles. The molecule has 5 heteroatoms. The Kier molecular flexibility index (Phi) is 2.87. The number of aromatic hydroxyl groups is 1. The maximum atomic E-state index is 9.94. The highest BCUT2D eigenvalue weighted by molar-refractivity contribution is 9.10. The van der Waals surface area contributed by atoms with Crippen LogP contribution in [0, 0.1) is 0 Å². The maximum absolute atomic E-state index is 9.94. The summed E-state index contributed by atoms with van der Waals surface area (Å²) in [6, 6.07) is 3.76. The minimum atomic E-state index is 0.145. The smallest absolute Gasteiger partial charge is 0.230 e. The van der Waals surface area contributed by atoms with Gasteiger partial charge in [-0.2, -0.15) is 0 Å². The minimum absolute atomic E-state index is 0.145. The van der Waals surface area contributed by atoms with Crippen LogP contribution in [0.3, 0.4) is 0 Å². The first-order chi connectivity index (χ1) is 7.63. The van der Waals surface area contributed by atoms with E-state index in [2.05, 4.69) is 21.1 Å². The lowest BCUT2D eigenvalue weighted by Gasteiger charge is -2.07. The van der Waals surface area contributed by atoms with Crippen LogP contribution in [0.5, 0.6) is 5.75 Å². The fourth-order valence-electron chi connectivity index (χ4n) is 1.52. The summed E-state index contributed by atoms with van der Waals surface area (Å²) in [6.07, 6.45) is 2.37. The standard InChI is InChI=1S/C11H11BrN2O2/c1-2-6-3-7(10(15)9(12)4-6)8-5-14-16-11(8)13/h3-5,15H,2,13H2,1H3. The highest BCUT2D eigenvalue weighted by atomic mass is 79.9. The monoisotopic (exact) mass is 282 g/mol. The summed E-state index contributed by atoms with van der Waals surface area (Å²) in [6.45, 7) is 2.04. The van der Waals surface area contributed by atoms with Crippen LogP contribution in [0.4, 0.5) is 5.88 Å². The number of hydrogen-bond acceptors (Lipinski definition) is 4. The summed E-state index contributed by atoms with van der Waals surface area (Å²) in [5, 5.41) is 13.5. The average molecular weight is 283 g/mol. The van der Waals surface area contributed by atoms with Crippen molar-refractivity contribution < 1.29 is 9.63 Å². The minimum Gasteiger partial charge on any atom is -0.506 e. The highest BCUT2D eigenvalue weighted by Crippen LogP contribution is 2.38. The van der Waals surface area contributed by atoms with Crippen LogP contribution in [0.1, 0.15) is 12.5 Å². The van der Waals surface area contributed by atoms with E-state index in [1.165, 1.54) is 6.20 Å². The molecule has 0 atom stereocenters. The van der Waals surface area contributed by atoms with Gasteiger partial charge in [0.2, 0.25) is 5.88 Å². The van der Waals surface area contributed by atoms with Gasteiger partial charge in [0.25, 0.3) is 0 Å². The summed E-state index contributed by atoms with van der Waals surface area (Å²) in [4.78, 5) is 0. The molecule has 0 saturated carbocycles. The fraction of sp³-hybridized carbons (Fsp3) is 0.182. The van der Waals surface area contributed by atoms with Crippen molar-refractivity contribution in [1.82, 2.24) is 5.16 Å². The largest absolute Gasteiger partial charge is 0.506 e. The van der Waals surface area contributed by atoms with Gasteiger partial charge in [0.15, 0.2) is 0 Å². The summed E-state index contributed by atoms with van der Waals surface area (Å²) in [5.74, 6) is 0.350. The zero-order chi connectivity index (χ0) is 11.7. The van der Waals surface area contributed by atoms with Crippen molar-refractivity contribution in [3.05, 3.63) is 28.4 Å². The summed E-state index contributed by atoms with van der Waals surface area (Å²) in [5.41, 5.74) is 7.96. The number of hydrogen-bond donors (Lipinski definition) is 2. The van der Waals surface area contributed by atoms with Gasteiger partial charge in [0.1, 0.15) is 5.75 Å². The van der Waals surface area contributed by atoms with Crippen LogP contribution in [-0.4, -0.2) is 10.3 Å². The van der Waals surface area contributed by atoms with Crippen molar-refractivity contribution in [3.8, 4) is 16.9 Å². The van der Waals surface area contributed by atoms with Gasteiger partial charge in [-0.1, -0.05) is 12.1 Å². The van der Waals surface area contributed by atoms with Crippen molar-refractivity contribution >= 4 is 21.8 Å². The summed E-state index contributed by atoms with van der Waals surface area (Å²) >= 11 is 3.31. The molecule has 0 saturated heterocycles. The SMILES string of the molecule is CCc1cc(Br)c(O)c(-c2cnoc2N)c1. The molecule has 0 aliphatic heterocycles. The van der Waals surface area contributed by atoms with Crippen LogP contribution in [0.15, 0.2) is 27.3 Å². The zero-order valence-corrected chi connectivity index (χ0v) is 10.3. The van der Waals surface area contributed by atoms with Crippen molar-refractivity contribution in [2.45, 2.75) is 13.3 Å². The molecular weight excluding hydrogens is 272 g/mol. The Morgan fingerprint density at radius 3 is 2.75 bits per heavy atom. The molecule has 0 fully saturated rings. The number of nitrogens with two attached hydrogens (primary N) is 1. The van der Waals surface area contributed by atoms with Crippen LogP contribution in [0.2, 0.25) is 0 Å². The molecule has 0 radical (unpaired) electrons. The van der Waals surface area contributed by atoms with E-state index in [1.807, 2.05) is 19.1 Å². The number of phenolic OH excluding ortho intramolecular Hbond substituents is 1. The molecule has 0 spiro atoms. The Bertz CT molecular complexity index is 523. The second-order valence-electron chi connectivity index (χ2n) is 3.43. The molecule has 0 aliphatic carbocycles. The number of halogens is 1. The van der Waals surface area contributed by atoms with E-state index in [-0.39, 0.29) is 11.6 Å². The third kappa shape index (κ3) is 1.78. The molecule has 0 unspecified atom stereocenters. The van der Waals surface area contributed by atoms with Gasteiger partial charge in [0.05, 0.1) is 16.2 Å². The van der Waals surface area contributed by atoms with Crippen LogP contribution in [0.25, 0.3) is 11.1 Å². The van der Waals surface area contributed by atoms with E-state index in [0.29, 0.717) is 15.6 Å². The van der Waals surface area contributed by atoms with Crippen LogP contribution in [-0.2, 0) is 6.42 Å². The molecule has 84 valence electrons. The Morgan fingerprint density at radius 1 is 1.44 bits per heavy atom. The molecule has 16 heavy (non-hydrogen) atoms. The number of anilines is 1. The molecule has 4 nitrogen and oxygen atoms in total. The van der Waals surface area contributed by atoms with Gasteiger partial charge in [-0.25, -0.2) is 0 Å². The number of aromatic nitrogens is 1. The first-order valence-electron chi connectivity index (χ1n) is 4.85. The van der Waals surface area contributed by atoms with Crippen molar-refractivity contribution in [2.24, 2.45) is 0 Å². The van der Waals surface area contributed by atoms with Gasteiger partial charge in [0, 0.05) is 5.56 Å². The van der Waals surface area contributed by atoms with Gasteiger partial charge in [-0.05, 0) is 40.0 Å². The van der Waals surface area contributed by atoms with E-state index in [0.717, 1.165) is 12.0 Å². The first-order valence-corrected chi connectivity index (χ1v) is 5.64. The Morgan fingerprint density at radius 2 is 2.19 bits per heavy atom.